The molecular weight excluding hydrogens is 467 g/mol. The predicted octanol–water partition coefficient (Wildman–Crippen LogP) is 3.99. The molecule has 0 aromatic heterocycles. The number of guanidine groups is 1. The standard InChI is InChI=1S/C19H27F2N3O2.HI/c1-2-22-19(23-12-11-14-5-3-4-6-14)24-13-17(25)15-7-9-16(10-8-15)26-18(20)21;/h5,7-10,17-18,25H,2-4,6,11-13H2,1H3,(H2,22,23,24);1H. The molecule has 152 valence electrons. The quantitative estimate of drug-likeness (QED) is 0.210. The van der Waals surface area contributed by atoms with Crippen molar-refractivity contribution in [2.75, 3.05) is 19.6 Å². The van der Waals surface area contributed by atoms with Crippen LogP contribution < -0.4 is 15.4 Å². The van der Waals surface area contributed by atoms with Crippen molar-refractivity contribution in [3.05, 3.63) is 41.5 Å². The highest BCUT2D eigenvalue weighted by molar-refractivity contribution is 14.0. The van der Waals surface area contributed by atoms with E-state index in [4.69, 9.17) is 0 Å². The lowest BCUT2D eigenvalue weighted by Crippen LogP contribution is -2.38. The molecule has 0 fully saturated rings. The van der Waals surface area contributed by atoms with Crippen LogP contribution in [0.1, 0.15) is 44.3 Å². The Balaban J connectivity index is 0.00000364. The van der Waals surface area contributed by atoms with Crippen LogP contribution in [0, 0.1) is 0 Å². The van der Waals surface area contributed by atoms with E-state index in [0.717, 1.165) is 19.5 Å². The number of halogens is 3. The van der Waals surface area contributed by atoms with Crippen LogP contribution in [0.2, 0.25) is 0 Å². The van der Waals surface area contributed by atoms with E-state index in [2.05, 4.69) is 26.4 Å². The normalized spacial score (nSPS) is 15.1. The Bertz CT molecular complexity index is 609. The second-order valence-electron chi connectivity index (χ2n) is 6.11. The summed E-state index contributed by atoms with van der Waals surface area (Å²) in [5, 5.41) is 16.7. The molecule has 0 saturated heterocycles. The number of rotatable bonds is 9. The molecule has 27 heavy (non-hydrogen) atoms. The number of aliphatic imine (C=N–C) groups is 1. The third-order valence-electron chi connectivity index (χ3n) is 4.13. The molecule has 1 unspecified atom stereocenters. The van der Waals surface area contributed by atoms with Crippen LogP contribution in [0.3, 0.4) is 0 Å². The molecule has 3 N–H and O–H groups in total. The van der Waals surface area contributed by atoms with Crippen molar-refractivity contribution in [3.63, 3.8) is 0 Å². The first kappa shape index (κ1) is 23.6. The molecule has 1 aliphatic rings. The summed E-state index contributed by atoms with van der Waals surface area (Å²) in [6, 6.07) is 5.94. The van der Waals surface area contributed by atoms with Crippen LogP contribution in [-0.2, 0) is 0 Å². The zero-order chi connectivity index (χ0) is 18.8. The van der Waals surface area contributed by atoms with Crippen LogP contribution >= 0.6 is 24.0 Å². The minimum absolute atomic E-state index is 0. The van der Waals surface area contributed by atoms with Gasteiger partial charge in [-0.15, -0.1) is 24.0 Å². The Morgan fingerprint density at radius 2 is 2.00 bits per heavy atom. The van der Waals surface area contributed by atoms with Crippen molar-refractivity contribution in [2.45, 2.75) is 45.3 Å². The van der Waals surface area contributed by atoms with E-state index in [-0.39, 0.29) is 36.3 Å². The van der Waals surface area contributed by atoms with Crippen LogP contribution in [0.5, 0.6) is 5.75 Å². The average molecular weight is 495 g/mol. The van der Waals surface area contributed by atoms with Crippen molar-refractivity contribution >= 4 is 29.9 Å². The van der Waals surface area contributed by atoms with E-state index >= 15 is 0 Å². The first-order valence-electron chi connectivity index (χ1n) is 9.01. The molecule has 1 aliphatic carbocycles. The SMILES string of the molecule is CCNC(=NCC(O)c1ccc(OC(F)F)cc1)NCCC1=CCCC1.I. The molecule has 0 spiro atoms. The minimum Gasteiger partial charge on any atom is -0.435 e. The molecule has 1 aromatic rings. The van der Waals surface area contributed by atoms with E-state index in [1.165, 1.54) is 37.0 Å². The van der Waals surface area contributed by atoms with Crippen LogP contribution in [0.4, 0.5) is 8.78 Å². The zero-order valence-electron chi connectivity index (χ0n) is 15.5. The molecular formula is C19H28F2IN3O2. The third-order valence-corrected chi connectivity index (χ3v) is 4.13. The molecule has 1 atom stereocenters. The number of aliphatic hydroxyl groups excluding tert-OH is 1. The molecule has 0 heterocycles. The van der Waals surface area contributed by atoms with Crippen molar-refractivity contribution in [1.82, 2.24) is 10.6 Å². The van der Waals surface area contributed by atoms with Gasteiger partial charge in [0.25, 0.3) is 0 Å². The van der Waals surface area contributed by atoms with Gasteiger partial charge in [0, 0.05) is 13.1 Å². The van der Waals surface area contributed by atoms with Crippen LogP contribution in [-0.4, -0.2) is 37.3 Å². The first-order valence-corrected chi connectivity index (χ1v) is 9.01. The lowest BCUT2D eigenvalue weighted by atomic mass is 10.1. The first-order chi connectivity index (χ1) is 12.6. The number of ether oxygens (including phenoxy) is 1. The largest absolute Gasteiger partial charge is 0.435 e. The van der Waals surface area contributed by atoms with Crippen molar-refractivity contribution in [2.24, 2.45) is 4.99 Å². The number of benzene rings is 1. The Morgan fingerprint density at radius 1 is 1.26 bits per heavy atom. The van der Waals surface area contributed by atoms with Gasteiger partial charge in [0.15, 0.2) is 5.96 Å². The third kappa shape index (κ3) is 8.87. The van der Waals surface area contributed by atoms with Crippen LogP contribution in [0.25, 0.3) is 0 Å². The Hall–Kier alpha value is -1.42. The van der Waals surface area contributed by atoms with Crippen molar-refractivity contribution < 1.29 is 18.6 Å². The van der Waals surface area contributed by atoms with Gasteiger partial charge in [-0.2, -0.15) is 8.78 Å². The van der Waals surface area contributed by atoms with Crippen molar-refractivity contribution in [3.8, 4) is 5.75 Å². The Kier molecular flexibility index (Phi) is 11.3. The van der Waals surface area contributed by atoms with Gasteiger partial charge < -0.3 is 20.5 Å². The fourth-order valence-corrected chi connectivity index (χ4v) is 2.80. The molecule has 0 aliphatic heterocycles. The molecule has 0 bridgehead atoms. The number of nitrogens with zero attached hydrogens (tertiary/aromatic N) is 1. The van der Waals surface area contributed by atoms with Gasteiger partial charge in [-0.25, -0.2) is 0 Å². The monoisotopic (exact) mass is 495 g/mol. The Morgan fingerprint density at radius 3 is 2.59 bits per heavy atom. The average Bonchev–Trinajstić information content (AvgIpc) is 3.13. The van der Waals surface area contributed by atoms with Gasteiger partial charge in [-0.05, 0) is 50.3 Å². The van der Waals surface area contributed by atoms with E-state index in [1.54, 1.807) is 12.1 Å². The maximum atomic E-state index is 12.2. The molecule has 0 radical (unpaired) electrons. The summed E-state index contributed by atoms with van der Waals surface area (Å²) in [5.74, 6) is 0.721. The highest BCUT2D eigenvalue weighted by atomic mass is 127. The van der Waals surface area contributed by atoms with Gasteiger partial charge in [-0.1, -0.05) is 23.8 Å². The van der Waals surface area contributed by atoms with Gasteiger partial charge >= 0.3 is 6.61 Å². The predicted molar refractivity (Wildman–Crippen MR) is 114 cm³/mol. The number of hydrogen-bond donors (Lipinski definition) is 3. The van der Waals surface area contributed by atoms with Gasteiger partial charge in [-0.3, -0.25) is 4.99 Å². The highest BCUT2D eigenvalue weighted by Gasteiger charge is 2.10. The van der Waals surface area contributed by atoms with E-state index in [0.29, 0.717) is 11.5 Å². The number of allylic oxidation sites excluding steroid dienone is 1. The number of aliphatic hydroxyl groups is 1. The lowest BCUT2D eigenvalue weighted by Gasteiger charge is -2.14. The fourth-order valence-electron chi connectivity index (χ4n) is 2.80. The summed E-state index contributed by atoms with van der Waals surface area (Å²) in [6.07, 6.45) is 6.09. The molecule has 2 rings (SSSR count). The summed E-state index contributed by atoms with van der Waals surface area (Å²) >= 11 is 0. The van der Waals surface area contributed by atoms with E-state index < -0.39 is 12.7 Å². The maximum absolute atomic E-state index is 12.2. The summed E-state index contributed by atoms with van der Waals surface area (Å²) in [4.78, 5) is 4.40. The summed E-state index contributed by atoms with van der Waals surface area (Å²) in [6.45, 7) is 0.823. The molecule has 8 heteroatoms. The summed E-state index contributed by atoms with van der Waals surface area (Å²) in [5.41, 5.74) is 2.09. The molecule has 0 saturated carbocycles. The molecule has 5 nitrogen and oxygen atoms in total. The second kappa shape index (κ2) is 12.9. The van der Waals surface area contributed by atoms with Crippen molar-refractivity contribution in [1.29, 1.82) is 0 Å². The summed E-state index contributed by atoms with van der Waals surface area (Å²) < 4.78 is 28.6. The molecule has 0 amide bonds. The van der Waals surface area contributed by atoms with Crippen LogP contribution in [0.15, 0.2) is 40.9 Å². The minimum atomic E-state index is -2.86. The molecule has 1 aromatic carbocycles. The fraction of sp³-hybridized carbons (Fsp3) is 0.526. The number of alkyl halides is 2. The van der Waals surface area contributed by atoms with E-state index in [9.17, 15) is 13.9 Å². The zero-order valence-corrected chi connectivity index (χ0v) is 17.8. The lowest BCUT2D eigenvalue weighted by molar-refractivity contribution is -0.0498. The Labute approximate surface area is 176 Å². The highest BCUT2D eigenvalue weighted by Crippen LogP contribution is 2.20. The smallest absolute Gasteiger partial charge is 0.387 e. The second-order valence-corrected chi connectivity index (χ2v) is 6.11. The topological polar surface area (TPSA) is 65.9 Å². The van der Waals surface area contributed by atoms with Gasteiger partial charge in [0.05, 0.1) is 12.6 Å². The summed E-state index contributed by atoms with van der Waals surface area (Å²) in [7, 11) is 0. The maximum Gasteiger partial charge on any atom is 0.387 e. The number of nitrogens with one attached hydrogen (secondary N) is 2. The number of hydrogen-bond acceptors (Lipinski definition) is 3. The van der Waals surface area contributed by atoms with E-state index in [1.807, 2.05) is 6.92 Å². The van der Waals surface area contributed by atoms with Gasteiger partial charge in [0.1, 0.15) is 5.75 Å². The van der Waals surface area contributed by atoms with Gasteiger partial charge in [0.2, 0.25) is 0 Å².